The number of halogens is 3. The maximum absolute atomic E-state index is 14.2. The molecule has 158 valence electrons. The topological polar surface area (TPSA) is 69.7 Å². The highest BCUT2D eigenvalue weighted by Gasteiger charge is 2.74. The Labute approximate surface area is 180 Å². The lowest BCUT2D eigenvalue weighted by molar-refractivity contribution is -0.135. The molecule has 0 unspecified atom stereocenters. The van der Waals surface area contributed by atoms with Crippen LogP contribution in [0.4, 0.5) is 20.2 Å². The van der Waals surface area contributed by atoms with Crippen molar-refractivity contribution in [3.8, 4) is 0 Å². The van der Waals surface area contributed by atoms with Crippen molar-refractivity contribution in [1.82, 2.24) is 4.90 Å². The van der Waals surface area contributed by atoms with Crippen molar-refractivity contribution in [3.63, 3.8) is 0 Å². The van der Waals surface area contributed by atoms with Crippen LogP contribution in [0.5, 0.6) is 0 Å². The number of nitrogens with zero attached hydrogens (tertiary/aromatic N) is 2. The fraction of sp³-hybridized carbons (Fsp3) is 0.318. The summed E-state index contributed by atoms with van der Waals surface area (Å²) in [4.78, 5) is 43.5. The lowest BCUT2D eigenvalue weighted by Gasteiger charge is -2.36. The van der Waals surface area contributed by atoms with Crippen molar-refractivity contribution in [3.05, 3.63) is 58.6 Å². The van der Waals surface area contributed by atoms with Gasteiger partial charge in [-0.1, -0.05) is 11.6 Å². The molecule has 4 aliphatic heterocycles. The van der Waals surface area contributed by atoms with Crippen LogP contribution in [0.25, 0.3) is 0 Å². The molecule has 0 radical (unpaired) electrons. The second-order valence-corrected chi connectivity index (χ2v) is 8.83. The molecule has 3 fully saturated rings. The molecule has 4 heterocycles. The third-order valence-corrected chi connectivity index (χ3v) is 7.41. The Morgan fingerprint density at radius 1 is 1.06 bits per heavy atom. The first-order valence-corrected chi connectivity index (χ1v) is 10.4. The number of nitrogens with one attached hydrogen (secondary N) is 1. The predicted octanol–water partition coefficient (Wildman–Crippen LogP) is 3.05. The molecule has 3 amide bonds. The number of carbonyl (C=O) groups excluding carboxylic acids is 3. The van der Waals surface area contributed by atoms with Crippen molar-refractivity contribution >= 4 is 40.7 Å². The number of carbonyl (C=O) groups is 3. The normalized spacial score (nSPS) is 31.4. The van der Waals surface area contributed by atoms with Crippen LogP contribution in [-0.4, -0.2) is 35.2 Å². The number of imide groups is 1. The molecule has 0 bridgehead atoms. The minimum absolute atomic E-state index is 0.161. The van der Waals surface area contributed by atoms with Gasteiger partial charge in [-0.25, -0.2) is 13.7 Å². The molecular weight excluding hydrogens is 428 g/mol. The van der Waals surface area contributed by atoms with Gasteiger partial charge in [0, 0.05) is 17.3 Å². The number of benzene rings is 2. The molecular formula is C22H16ClF2N3O3. The maximum atomic E-state index is 14.2. The third kappa shape index (κ3) is 2.16. The highest BCUT2D eigenvalue weighted by atomic mass is 35.5. The number of amides is 3. The van der Waals surface area contributed by atoms with E-state index < -0.39 is 46.7 Å². The average molecular weight is 444 g/mol. The Bertz CT molecular complexity index is 1200. The van der Waals surface area contributed by atoms with Gasteiger partial charge in [0.05, 0.1) is 22.5 Å². The minimum Gasteiger partial charge on any atom is -0.324 e. The molecule has 2 aromatic rings. The molecule has 4 atom stereocenters. The Morgan fingerprint density at radius 3 is 2.65 bits per heavy atom. The van der Waals surface area contributed by atoms with Crippen molar-refractivity contribution in [1.29, 1.82) is 0 Å². The molecule has 0 aromatic heterocycles. The van der Waals surface area contributed by atoms with Gasteiger partial charge in [-0.3, -0.25) is 19.3 Å². The minimum atomic E-state index is -1.45. The van der Waals surface area contributed by atoms with E-state index in [4.69, 9.17) is 11.6 Å². The molecule has 0 saturated carbocycles. The van der Waals surface area contributed by atoms with Crippen LogP contribution < -0.4 is 10.2 Å². The van der Waals surface area contributed by atoms with Crippen molar-refractivity contribution in [2.24, 2.45) is 11.8 Å². The van der Waals surface area contributed by atoms with Gasteiger partial charge in [0.1, 0.15) is 17.2 Å². The summed E-state index contributed by atoms with van der Waals surface area (Å²) < 4.78 is 27.9. The fourth-order valence-corrected chi connectivity index (χ4v) is 6.23. The van der Waals surface area contributed by atoms with Gasteiger partial charge >= 0.3 is 0 Å². The Kier molecular flexibility index (Phi) is 3.72. The van der Waals surface area contributed by atoms with Gasteiger partial charge in [-0.2, -0.15) is 0 Å². The first-order valence-electron chi connectivity index (χ1n) is 10.1. The van der Waals surface area contributed by atoms with E-state index >= 15 is 0 Å². The first-order chi connectivity index (χ1) is 14.9. The number of anilines is 2. The summed E-state index contributed by atoms with van der Waals surface area (Å²) in [6, 6.07) is 7.34. The summed E-state index contributed by atoms with van der Waals surface area (Å²) >= 11 is 5.89. The van der Waals surface area contributed by atoms with Crippen molar-refractivity contribution in [2.75, 3.05) is 16.8 Å². The second kappa shape index (κ2) is 6.11. The molecule has 1 spiro atoms. The van der Waals surface area contributed by atoms with Gasteiger partial charge in [0.25, 0.3) is 0 Å². The number of hydrogen-bond donors (Lipinski definition) is 1. The Hall–Kier alpha value is -2.84. The highest BCUT2D eigenvalue weighted by molar-refractivity contribution is 6.32. The van der Waals surface area contributed by atoms with Crippen LogP contribution in [0.15, 0.2) is 36.4 Å². The average Bonchev–Trinajstić information content (AvgIpc) is 3.43. The molecule has 4 aliphatic rings. The SMILES string of the molecule is O=C1[C@@H]2[C@@H]3CCCN3[C@]3(C(=O)Nc4ccc(F)cc43)[C@H]2C(=O)N1c1ccc(F)c(Cl)c1. The monoisotopic (exact) mass is 443 g/mol. The van der Waals surface area contributed by atoms with Crippen molar-refractivity contribution in [2.45, 2.75) is 24.4 Å². The zero-order chi connectivity index (χ0) is 21.7. The quantitative estimate of drug-likeness (QED) is 0.688. The molecule has 3 saturated heterocycles. The molecule has 6 rings (SSSR count). The lowest BCUT2D eigenvalue weighted by Crippen LogP contribution is -2.54. The van der Waals surface area contributed by atoms with Gasteiger partial charge in [0.2, 0.25) is 17.7 Å². The third-order valence-electron chi connectivity index (χ3n) is 7.12. The summed E-state index contributed by atoms with van der Waals surface area (Å²) in [5, 5.41) is 2.58. The molecule has 31 heavy (non-hydrogen) atoms. The summed E-state index contributed by atoms with van der Waals surface area (Å²) in [5.41, 5.74) is -0.458. The van der Waals surface area contributed by atoms with Crippen LogP contribution in [0.2, 0.25) is 5.02 Å². The summed E-state index contributed by atoms with van der Waals surface area (Å²) in [6.07, 6.45) is 1.41. The summed E-state index contributed by atoms with van der Waals surface area (Å²) in [7, 11) is 0. The highest BCUT2D eigenvalue weighted by Crippen LogP contribution is 2.60. The molecule has 2 aromatic carbocycles. The van der Waals surface area contributed by atoms with Crippen LogP contribution in [-0.2, 0) is 19.9 Å². The summed E-state index contributed by atoms with van der Waals surface area (Å²) in [6.45, 7) is 0.532. The molecule has 9 heteroatoms. The number of rotatable bonds is 1. The van der Waals surface area contributed by atoms with E-state index in [0.29, 0.717) is 24.2 Å². The van der Waals surface area contributed by atoms with Crippen LogP contribution in [0.3, 0.4) is 0 Å². The number of fused-ring (bicyclic) bond motifs is 7. The van der Waals surface area contributed by atoms with E-state index in [0.717, 1.165) is 17.4 Å². The molecule has 1 N–H and O–H groups in total. The standard InChI is InChI=1S/C22H16ClF2N3O3/c23-13-9-11(4-5-14(13)25)28-19(29)17-16-2-1-7-27(16)22(18(17)20(28)30)12-8-10(24)3-6-15(12)26-21(22)31/h3-6,8-9,16-18H,1-2,7H2,(H,26,31)/t16-,17+,18+,22-/m0/s1. The van der Waals surface area contributed by atoms with E-state index in [1.54, 1.807) is 0 Å². The Morgan fingerprint density at radius 2 is 1.87 bits per heavy atom. The molecule has 0 aliphatic carbocycles. The van der Waals surface area contributed by atoms with Gasteiger partial charge in [-0.15, -0.1) is 0 Å². The first kappa shape index (κ1) is 18.9. The number of hydrogen-bond acceptors (Lipinski definition) is 4. The van der Waals surface area contributed by atoms with Crippen LogP contribution >= 0.6 is 11.6 Å². The van der Waals surface area contributed by atoms with Crippen LogP contribution in [0, 0.1) is 23.5 Å². The van der Waals surface area contributed by atoms with Gasteiger partial charge in [0.15, 0.2) is 0 Å². The largest absolute Gasteiger partial charge is 0.324 e. The molecule has 6 nitrogen and oxygen atoms in total. The smallest absolute Gasteiger partial charge is 0.250 e. The second-order valence-electron chi connectivity index (χ2n) is 8.43. The lowest BCUT2D eigenvalue weighted by atomic mass is 9.75. The fourth-order valence-electron chi connectivity index (χ4n) is 6.05. The zero-order valence-corrected chi connectivity index (χ0v) is 16.8. The predicted molar refractivity (Wildman–Crippen MR) is 107 cm³/mol. The maximum Gasteiger partial charge on any atom is 0.250 e. The van der Waals surface area contributed by atoms with E-state index in [9.17, 15) is 23.2 Å². The van der Waals surface area contributed by atoms with Crippen LogP contribution in [0.1, 0.15) is 18.4 Å². The van der Waals surface area contributed by atoms with E-state index in [2.05, 4.69) is 5.32 Å². The zero-order valence-electron chi connectivity index (χ0n) is 16.1. The van der Waals surface area contributed by atoms with E-state index in [1.807, 2.05) is 4.90 Å². The van der Waals surface area contributed by atoms with Crippen molar-refractivity contribution < 1.29 is 23.2 Å². The Balaban J connectivity index is 1.56. The van der Waals surface area contributed by atoms with Gasteiger partial charge in [-0.05, 0) is 55.8 Å². The van der Waals surface area contributed by atoms with Gasteiger partial charge < -0.3 is 5.32 Å². The van der Waals surface area contributed by atoms with E-state index in [1.165, 1.54) is 30.3 Å². The summed E-state index contributed by atoms with van der Waals surface area (Å²) in [5.74, 6) is -4.36. The van der Waals surface area contributed by atoms with E-state index in [-0.39, 0.29) is 16.8 Å².